The highest BCUT2D eigenvalue weighted by Crippen LogP contribution is 2.37. The number of halogens is 1. The quantitative estimate of drug-likeness (QED) is 0.831. The number of nitrogens with zero attached hydrogens (tertiary/aromatic N) is 1. The van der Waals surface area contributed by atoms with E-state index in [4.69, 9.17) is 4.74 Å². The molecule has 21 heavy (non-hydrogen) atoms. The number of carbonyl (C=O) groups excluding carboxylic acids is 2. The summed E-state index contributed by atoms with van der Waals surface area (Å²) in [5.41, 5.74) is 2.02. The molecule has 0 saturated carbocycles. The fourth-order valence-corrected chi connectivity index (χ4v) is 3.42. The third-order valence-electron chi connectivity index (χ3n) is 4.03. The zero-order valence-electron chi connectivity index (χ0n) is 12.0. The second-order valence-electron chi connectivity index (χ2n) is 5.49. The Morgan fingerprint density at radius 1 is 1.43 bits per heavy atom. The van der Waals surface area contributed by atoms with E-state index in [2.05, 4.69) is 33.1 Å². The lowest BCUT2D eigenvalue weighted by molar-refractivity contribution is -0.112. The van der Waals surface area contributed by atoms with Gasteiger partial charge >= 0.3 is 0 Å². The Kier molecular flexibility index (Phi) is 3.75. The molecule has 2 atom stereocenters. The van der Waals surface area contributed by atoms with Gasteiger partial charge in [-0.05, 0) is 41.4 Å². The lowest BCUT2D eigenvalue weighted by Crippen LogP contribution is -2.48. The molecule has 5 nitrogen and oxygen atoms in total. The van der Waals surface area contributed by atoms with Gasteiger partial charge in [0, 0.05) is 11.0 Å². The Labute approximate surface area is 131 Å². The van der Waals surface area contributed by atoms with E-state index in [0.717, 1.165) is 23.1 Å². The SMILES string of the molecule is CCC1COC(C)CN1c1cc2c(cc1Br)C(=O)C(=O)N2. The number of ketones is 1. The van der Waals surface area contributed by atoms with E-state index in [9.17, 15) is 9.59 Å². The van der Waals surface area contributed by atoms with Crippen molar-refractivity contribution >= 4 is 39.0 Å². The number of hydrogen-bond donors (Lipinski definition) is 1. The Balaban J connectivity index is 2.01. The molecule has 0 bridgehead atoms. The number of nitrogens with one attached hydrogen (secondary N) is 1. The highest BCUT2D eigenvalue weighted by Gasteiger charge is 2.32. The van der Waals surface area contributed by atoms with Crippen molar-refractivity contribution in [2.45, 2.75) is 32.4 Å². The van der Waals surface area contributed by atoms with Gasteiger partial charge in [-0.15, -0.1) is 0 Å². The number of hydrogen-bond acceptors (Lipinski definition) is 4. The standard InChI is InChI=1S/C15H17BrN2O3/c1-3-9-7-21-8(2)6-18(9)13-5-12-10(4-11(13)16)14(19)15(20)17-12/h4-5,8-9H,3,6-7H2,1-2H3,(H,17,19,20). The van der Waals surface area contributed by atoms with Crippen molar-refractivity contribution in [3.63, 3.8) is 0 Å². The minimum Gasteiger partial charge on any atom is -0.375 e. The average molecular weight is 353 g/mol. The lowest BCUT2D eigenvalue weighted by atomic mass is 10.1. The zero-order chi connectivity index (χ0) is 15.1. The summed E-state index contributed by atoms with van der Waals surface area (Å²) in [5.74, 6) is -1.03. The maximum atomic E-state index is 11.7. The predicted molar refractivity (Wildman–Crippen MR) is 83.9 cm³/mol. The zero-order valence-corrected chi connectivity index (χ0v) is 13.6. The molecule has 0 aromatic heterocycles. The van der Waals surface area contributed by atoms with Gasteiger partial charge in [0.05, 0.1) is 35.7 Å². The van der Waals surface area contributed by atoms with Crippen LogP contribution in [0.1, 0.15) is 30.6 Å². The van der Waals surface area contributed by atoms with Gasteiger partial charge in [0.1, 0.15) is 0 Å². The fourth-order valence-electron chi connectivity index (χ4n) is 2.85. The second-order valence-corrected chi connectivity index (χ2v) is 6.35. The summed E-state index contributed by atoms with van der Waals surface area (Å²) in [6.45, 7) is 5.65. The van der Waals surface area contributed by atoms with Crippen molar-refractivity contribution in [2.24, 2.45) is 0 Å². The molecule has 2 unspecified atom stereocenters. The molecule has 6 heteroatoms. The van der Waals surface area contributed by atoms with Crippen LogP contribution in [-0.2, 0) is 9.53 Å². The van der Waals surface area contributed by atoms with Crippen LogP contribution in [0.15, 0.2) is 16.6 Å². The molecule has 2 aliphatic rings. The average Bonchev–Trinajstić information content (AvgIpc) is 2.73. The number of rotatable bonds is 2. The van der Waals surface area contributed by atoms with Gasteiger partial charge in [0.25, 0.3) is 11.7 Å². The van der Waals surface area contributed by atoms with E-state index < -0.39 is 11.7 Å². The van der Waals surface area contributed by atoms with Crippen molar-refractivity contribution in [3.8, 4) is 0 Å². The molecule has 0 radical (unpaired) electrons. The van der Waals surface area contributed by atoms with E-state index in [1.807, 2.05) is 13.0 Å². The largest absolute Gasteiger partial charge is 0.375 e. The summed E-state index contributed by atoms with van der Waals surface area (Å²) in [7, 11) is 0. The Hall–Kier alpha value is -1.40. The van der Waals surface area contributed by atoms with Crippen LogP contribution >= 0.6 is 15.9 Å². The van der Waals surface area contributed by atoms with E-state index in [1.165, 1.54) is 0 Å². The minimum atomic E-state index is -0.559. The number of benzene rings is 1. The predicted octanol–water partition coefficient (Wildman–Crippen LogP) is 2.59. The smallest absolute Gasteiger partial charge is 0.296 e. The van der Waals surface area contributed by atoms with Gasteiger partial charge in [-0.3, -0.25) is 9.59 Å². The summed E-state index contributed by atoms with van der Waals surface area (Å²) >= 11 is 3.54. The molecule has 1 saturated heterocycles. The lowest BCUT2D eigenvalue weighted by Gasteiger charge is -2.40. The summed E-state index contributed by atoms with van der Waals surface area (Å²) in [5, 5.41) is 2.63. The molecule has 1 amide bonds. The Bertz CT molecular complexity index is 617. The van der Waals surface area contributed by atoms with E-state index >= 15 is 0 Å². The van der Waals surface area contributed by atoms with Crippen molar-refractivity contribution in [1.29, 1.82) is 0 Å². The maximum Gasteiger partial charge on any atom is 0.296 e. The Morgan fingerprint density at radius 2 is 2.19 bits per heavy atom. The number of carbonyl (C=O) groups is 2. The van der Waals surface area contributed by atoms with Crippen LogP contribution in [0.4, 0.5) is 11.4 Å². The van der Waals surface area contributed by atoms with Crippen molar-refractivity contribution in [2.75, 3.05) is 23.4 Å². The number of anilines is 2. The summed E-state index contributed by atoms with van der Waals surface area (Å²) < 4.78 is 6.55. The van der Waals surface area contributed by atoms with Crippen molar-refractivity contribution in [3.05, 3.63) is 22.2 Å². The third kappa shape index (κ3) is 2.46. The van der Waals surface area contributed by atoms with Crippen molar-refractivity contribution in [1.82, 2.24) is 0 Å². The molecular weight excluding hydrogens is 336 g/mol. The first kappa shape index (κ1) is 14.5. The fraction of sp³-hybridized carbons (Fsp3) is 0.467. The van der Waals surface area contributed by atoms with E-state index in [-0.39, 0.29) is 6.10 Å². The van der Waals surface area contributed by atoms with Crippen LogP contribution in [0.25, 0.3) is 0 Å². The topological polar surface area (TPSA) is 58.6 Å². The maximum absolute atomic E-state index is 11.7. The Morgan fingerprint density at radius 3 is 2.90 bits per heavy atom. The normalized spacial score (nSPS) is 25.0. The number of morpholine rings is 1. The number of Topliss-reactive ketones (excluding diaryl/α,β-unsaturated/α-hetero) is 1. The first-order valence-electron chi connectivity index (χ1n) is 7.08. The monoisotopic (exact) mass is 352 g/mol. The van der Waals surface area contributed by atoms with Gasteiger partial charge in [-0.25, -0.2) is 0 Å². The number of ether oxygens (including phenoxy) is 1. The molecule has 3 rings (SSSR count). The summed E-state index contributed by atoms with van der Waals surface area (Å²) in [6, 6.07) is 3.91. The van der Waals surface area contributed by atoms with Gasteiger partial charge in [0.15, 0.2) is 0 Å². The van der Waals surface area contributed by atoms with Gasteiger partial charge in [-0.2, -0.15) is 0 Å². The van der Waals surface area contributed by atoms with E-state index in [0.29, 0.717) is 23.9 Å². The first-order valence-corrected chi connectivity index (χ1v) is 7.88. The van der Waals surface area contributed by atoms with Crippen LogP contribution < -0.4 is 10.2 Å². The van der Waals surface area contributed by atoms with Gasteiger partial charge in [0.2, 0.25) is 0 Å². The molecular formula is C15H17BrN2O3. The number of fused-ring (bicyclic) bond motifs is 1. The molecule has 112 valence electrons. The minimum absolute atomic E-state index is 0.157. The van der Waals surface area contributed by atoms with Crippen LogP contribution in [-0.4, -0.2) is 37.0 Å². The molecule has 1 aromatic carbocycles. The molecule has 2 heterocycles. The van der Waals surface area contributed by atoms with Crippen LogP contribution in [0.3, 0.4) is 0 Å². The molecule has 0 spiro atoms. The highest BCUT2D eigenvalue weighted by molar-refractivity contribution is 9.10. The second kappa shape index (κ2) is 5.42. The summed E-state index contributed by atoms with van der Waals surface area (Å²) in [6.07, 6.45) is 1.13. The van der Waals surface area contributed by atoms with Gasteiger partial charge < -0.3 is 15.0 Å². The summed E-state index contributed by atoms with van der Waals surface area (Å²) in [4.78, 5) is 25.5. The van der Waals surface area contributed by atoms with Crippen molar-refractivity contribution < 1.29 is 14.3 Å². The number of amides is 1. The molecule has 1 N–H and O–H groups in total. The molecule has 1 fully saturated rings. The van der Waals surface area contributed by atoms with Gasteiger partial charge in [-0.1, -0.05) is 6.92 Å². The molecule has 0 aliphatic carbocycles. The van der Waals surface area contributed by atoms with Crippen LogP contribution in [0.2, 0.25) is 0 Å². The first-order chi connectivity index (χ1) is 10.0. The third-order valence-corrected chi connectivity index (χ3v) is 4.67. The van der Waals surface area contributed by atoms with E-state index in [1.54, 1.807) is 6.07 Å². The highest BCUT2D eigenvalue weighted by atomic mass is 79.9. The van der Waals surface area contributed by atoms with Crippen LogP contribution in [0, 0.1) is 0 Å². The molecule has 1 aromatic rings. The molecule has 2 aliphatic heterocycles. The van der Waals surface area contributed by atoms with Crippen LogP contribution in [0.5, 0.6) is 0 Å².